The number of aromatic nitrogens is 2. The van der Waals surface area contributed by atoms with Gasteiger partial charge in [-0.3, -0.25) is 0 Å². The number of benzene rings is 1. The highest BCUT2D eigenvalue weighted by Crippen LogP contribution is 2.23. The van der Waals surface area contributed by atoms with Crippen LogP contribution < -0.4 is 5.32 Å². The molecule has 6 heteroatoms. The fourth-order valence-electron chi connectivity index (χ4n) is 2.19. The van der Waals surface area contributed by atoms with Gasteiger partial charge in [-0.2, -0.15) is 0 Å². The number of carbonyl (C=O) groups excluding carboxylic acids is 1. The number of amides is 1. The van der Waals surface area contributed by atoms with E-state index >= 15 is 0 Å². The van der Waals surface area contributed by atoms with Gasteiger partial charge in [0.2, 0.25) is 0 Å². The number of carbonyl (C=O) groups is 1. The van der Waals surface area contributed by atoms with Crippen molar-refractivity contribution in [3.05, 3.63) is 47.0 Å². The second kappa shape index (κ2) is 7.04. The second-order valence-electron chi connectivity index (χ2n) is 6.32. The zero-order chi connectivity index (χ0) is 17.0. The number of halogens is 1. The Morgan fingerprint density at radius 2 is 2.13 bits per heavy atom. The average molecular weight is 336 g/mol. The molecular formula is C17H22ClN3O2. The minimum atomic E-state index is -0.496. The van der Waals surface area contributed by atoms with E-state index < -0.39 is 11.7 Å². The van der Waals surface area contributed by atoms with Gasteiger partial charge in [-0.1, -0.05) is 17.7 Å². The summed E-state index contributed by atoms with van der Waals surface area (Å²) in [5, 5.41) is 3.47. The minimum Gasteiger partial charge on any atom is -0.444 e. The smallest absolute Gasteiger partial charge is 0.407 e. The van der Waals surface area contributed by atoms with Crippen LogP contribution >= 0.6 is 11.6 Å². The van der Waals surface area contributed by atoms with E-state index in [9.17, 15) is 4.79 Å². The molecule has 0 radical (unpaired) electrons. The predicted molar refractivity (Wildman–Crippen MR) is 91.3 cm³/mol. The fourth-order valence-corrected chi connectivity index (χ4v) is 2.36. The molecule has 5 nitrogen and oxygen atoms in total. The summed E-state index contributed by atoms with van der Waals surface area (Å²) >= 11 is 6.18. The van der Waals surface area contributed by atoms with Gasteiger partial charge in [0.05, 0.1) is 12.0 Å². The summed E-state index contributed by atoms with van der Waals surface area (Å²) in [5.74, 6) is 0. The van der Waals surface area contributed by atoms with Gasteiger partial charge in [-0.15, -0.1) is 0 Å². The first-order valence-corrected chi connectivity index (χ1v) is 7.89. The standard InChI is InChI=1S/C17H22ClN3O2/c1-12-14(18)6-5-7-15(12)21-11-19-10-13(21)8-9-20-16(22)23-17(2,3)4/h5-7,10-11H,8-9H2,1-4H3,(H,20,22). The maximum absolute atomic E-state index is 11.7. The number of ether oxygens (including phenoxy) is 1. The van der Waals surface area contributed by atoms with Gasteiger partial charge >= 0.3 is 6.09 Å². The number of hydrogen-bond donors (Lipinski definition) is 1. The van der Waals surface area contributed by atoms with E-state index in [0.29, 0.717) is 18.0 Å². The monoisotopic (exact) mass is 335 g/mol. The van der Waals surface area contributed by atoms with Gasteiger partial charge in [0.1, 0.15) is 5.60 Å². The number of nitrogens with one attached hydrogen (secondary N) is 1. The van der Waals surface area contributed by atoms with E-state index in [1.54, 1.807) is 12.5 Å². The van der Waals surface area contributed by atoms with E-state index in [-0.39, 0.29) is 0 Å². The SMILES string of the molecule is Cc1c(Cl)cccc1-n1cncc1CCNC(=O)OC(C)(C)C. The van der Waals surface area contributed by atoms with Crippen LogP contribution in [0.25, 0.3) is 5.69 Å². The lowest BCUT2D eigenvalue weighted by atomic mass is 10.2. The van der Waals surface area contributed by atoms with Crippen molar-refractivity contribution in [1.29, 1.82) is 0 Å². The van der Waals surface area contributed by atoms with Gasteiger partial charge in [-0.05, 0) is 45.4 Å². The van der Waals surface area contributed by atoms with Gasteiger partial charge in [0, 0.05) is 29.9 Å². The molecule has 124 valence electrons. The van der Waals surface area contributed by atoms with E-state index in [2.05, 4.69) is 10.3 Å². The molecule has 0 atom stereocenters. The van der Waals surface area contributed by atoms with Crippen LogP contribution in [0.15, 0.2) is 30.7 Å². The highest BCUT2D eigenvalue weighted by Gasteiger charge is 2.16. The molecule has 23 heavy (non-hydrogen) atoms. The average Bonchev–Trinajstić information content (AvgIpc) is 2.88. The van der Waals surface area contributed by atoms with E-state index in [4.69, 9.17) is 16.3 Å². The molecule has 1 aromatic heterocycles. The molecule has 0 aliphatic rings. The van der Waals surface area contributed by atoms with Crippen LogP contribution in [0, 0.1) is 6.92 Å². The molecule has 1 N–H and O–H groups in total. The topological polar surface area (TPSA) is 56.2 Å². The summed E-state index contributed by atoms with van der Waals surface area (Å²) in [6, 6.07) is 5.77. The quantitative estimate of drug-likeness (QED) is 0.921. The van der Waals surface area contributed by atoms with Crippen LogP contribution in [0.1, 0.15) is 32.0 Å². The number of alkyl carbamates (subject to hydrolysis) is 1. The Hall–Kier alpha value is -2.01. The summed E-state index contributed by atoms with van der Waals surface area (Å²) in [6.07, 6.45) is 3.77. The van der Waals surface area contributed by atoms with Gasteiger partial charge in [0.25, 0.3) is 0 Å². The molecule has 0 bridgehead atoms. The third kappa shape index (κ3) is 4.73. The molecule has 0 aliphatic carbocycles. The zero-order valence-electron chi connectivity index (χ0n) is 13.9. The van der Waals surface area contributed by atoms with Crippen LogP contribution in [0.3, 0.4) is 0 Å². The Labute approximate surface area is 141 Å². The highest BCUT2D eigenvalue weighted by atomic mass is 35.5. The summed E-state index contributed by atoms with van der Waals surface area (Å²) in [6.45, 7) is 7.96. The second-order valence-corrected chi connectivity index (χ2v) is 6.72. The van der Waals surface area contributed by atoms with Crippen LogP contribution in [-0.2, 0) is 11.2 Å². The van der Waals surface area contributed by atoms with Crippen molar-refractivity contribution < 1.29 is 9.53 Å². The Bertz CT molecular complexity index is 689. The van der Waals surface area contributed by atoms with E-state index in [1.807, 2.05) is 50.5 Å². The first kappa shape index (κ1) is 17.3. The molecule has 2 rings (SSSR count). The molecule has 1 heterocycles. The molecule has 0 aliphatic heterocycles. The molecule has 1 aromatic carbocycles. The maximum Gasteiger partial charge on any atom is 0.407 e. The summed E-state index contributed by atoms with van der Waals surface area (Å²) in [5.41, 5.74) is 2.48. The van der Waals surface area contributed by atoms with E-state index in [1.165, 1.54) is 0 Å². The van der Waals surface area contributed by atoms with Crippen molar-refractivity contribution in [3.63, 3.8) is 0 Å². The number of nitrogens with zero attached hydrogens (tertiary/aromatic N) is 2. The van der Waals surface area contributed by atoms with Crippen LogP contribution in [0.4, 0.5) is 4.79 Å². The van der Waals surface area contributed by atoms with E-state index in [0.717, 1.165) is 16.9 Å². The first-order valence-electron chi connectivity index (χ1n) is 7.51. The third-order valence-corrected chi connectivity index (χ3v) is 3.67. The molecule has 0 fully saturated rings. The molecule has 0 saturated heterocycles. The Kier molecular flexibility index (Phi) is 5.31. The van der Waals surface area contributed by atoms with Crippen LogP contribution in [-0.4, -0.2) is 27.8 Å². The fraction of sp³-hybridized carbons (Fsp3) is 0.412. The number of imidazole rings is 1. The maximum atomic E-state index is 11.7. The highest BCUT2D eigenvalue weighted by molar-refractivity contribution is 6.31. The molecule has 2 aromatic rings. The summed E-state index contributed by atoms with van der Waals surface area (Å²) in [7, 11) is 0. The Balaban J connectivity index is 2.02. The lowest BCUT2D eigenvalue weighted by molar-refractivity contribution is 0.0528. The van der Waals surface area contributed by atoms with Crippen molar-refractivity contribution in [2.24, 2.45) is 0 Å². The first-order chi connectivity index (χ1) is 10.8. The van der Waals surface area contributed by atoms with Gasteiger partial charge < -0.3 is 14.6 Å². The number of rotatable bonds is 4. The van der Waals surface area contributed by atoms with Crippen LogP contribution in [0.5, 0.6) is 0 Å². The Morgan fingerprint density at radius 3 is 2.83 bits per heavy atom. The Morgan fingerprint density at radius 1 is 1.39 bits per heavy atom. The van der Waals surface area contributed by atoms with Crippen molar-refractivity contribution >= 4 is 17.7 Å². The lowest BCUT2D eigenvalue weighted by Gasteiger charge is -2.19. The lowest BCUT2D eigenvalue weighted by Crippen LogP contribution is -2.33. The molecule has 1 amide bonds. The third-order valence-electron chi connectivity index (χ3n) is 3.26. The van der Waals surface area contributed by atoms with Crippen LogP contribution in [0.2, 0.25) is 5.02 Å². The van der Waals surface area contributed by atoms with Gasteiger partial charge in [-0.25, -0.2) is 9.78 Å². The molecule has 0 spiro atoms. The largest absolute Gasteiger partial charge is 0.444 e. The molecule has 0 unspecified atom stereocenters. The molecular weight excluding hydrogens is 314 g/mol. The molecule has 0 saturated carbocycles. The minimum absolute atomic E-state index is 0.414. The van der Waals surface area contributed by atoms with Crippen molar-refractivity contribution in [1.82, 2.24) is 14.9 Å². The van der Waals surface area contributed by atoms with Crippen molar-refractivity contribution in [3.8, 4) is 5.69 Å². The number of hydrogen-bond acceptors (Lipinski definition) is 3. The summed E-state index contributed by atoms with van der Waals surface area (Å²) in [4.78, 5) is 15.9. The zero-order valence-corrected chi connectivity index (χ0v) is 14.6. The van der Waals surface area contributed by atoms with Crippen molar-refractivity contribution in [2.75, 3.05) is 6.54 Å². The normalized spacial score (nSPS) is 11.3. The van der Waals surface area contributed by atoms with Crippen molar-refractivity contribution in [2.45, 2.75) is 39.7 Å². The summed E-state index contributed by atoms with van der Waals surface area (Å²) < 4.78 is 7.20. The predicted octanol–water partition coefficient (Wildman–Crippen LogP) is 3.90. The van der Waals surface area contributed by atoms with Gasteiger partial charge in [0.15, 0.2) is 0 Å².